The van der Waals surface area contributed by atoms with Crippen LogP contribution in [0.4, 0.5) is 0 Å². The third-order valence-electron chi connectivity index (χ3n) is 4.97. The Balaban J connectivity index is 1.66. The number of aromatic nitrogens is 1. The van der Waals surface area contributed by atoms with Gasteiger partial charge >= 0.3 is 0 Å². The number of hydrogen-bond donors (Lipinski definition) is 2. The second-order valence-corrected chi connectivity index (χ2v) is 6.95. The lowest BCUT2D eigenvalue weighted by Crippen LogP contribution is -2.49. The Kier molecular flexibility index (Phi) is 9.42. The summed E-state index contributed by atoms with van der Waals surface area (Å²) >= 11 is 0. The van der Waals surface area contributed by atoms with Crippen molar-refractivity contribution in [3.63, 3.8) is 0 Å². The van der Waals surface area contributed by atoms with E-state index in [0.717, 1.165) is 63.8 Å². The zero-order valence-electron chi connectivity index (χ0n) is 16.7. The van der Waals surface area contributed by atoms with E-state index >= 15 is 0 Å². The van der Waals surface area contributed by atoms with E-state index < -0.39 is 0 Å². The molecule has 2 N–H and O–H groups in total. The van der Waals surface area contributed by atoms with E-state index in [9.17, 15) is 0 Å². The van der Waals surface area contributed by atoms with Crippen LogP contribution >= 0.6 is 0 Å². The molecule has 1 aromatic rings. The molecule has 0 spiro atoms. The van der Waals surface area contributed by atoms with Crippen LogP contribution in [0.25, 0.3) is 0 Å². The van der Waals surface area contributed by atoms with E-state index in [4.69, 9.17) is 0 Å². The van der Waals surface area contributed by atoms with Crippen LogP contribution in [0.15, 0.2) is 29.4 Å². The van der Waals surface area contributed by atoms with Crippen molar-refractivity contribution >= 4 is 5.96 Å². The highest BCUT2D eigenvalue weighted by Gasteiger charge is 2.20. The first-order valence-corrected chi connectivity index (χ1v) is 10.1. The molecular formula is C20H36N6. The average molecular weight is 361 g/mol. The predicted octanol–water partition coefficient (Wildman–Crippen LogP) is 1.94. The van der Waals surface area contributed by atoms with E-state index in [0.29, 0.717) is 6.04 Å². The van der Waals surface area contributed by atoms with Gasteiger partial charge in [-0.3, -0.25) is 14.9 Å². The number of likely N-dealkylation sites (N-methyl/N-ethyl adjacent to an activating group) is 1. The molecule has 1 saturated heterocycles. The maximum atomic E-state index is 4.43. The van der Waals surface area contributed by atoms with Crippen molar-refractivity contribution in [1.82, 2.24) is 25.4 Å². The molecule has 0 atom stereocenters. The summed E-state index contributed by atoms with van der Waals surface area (Å²) in [4.78, 5) is 13.8. The lowest BCUT2D eigenvalue weighted by atomic mass is 10.0. The van der Waals surface area contributed by atoms with Crippen molar-refractivity contribution in [2.75, 3.05) is 46.3 Å². The smallest absolute Gasteiger partial charge is 0.191 e. The Labute approximate surface area is 159 Å². The minimum absolute atomic E-state index is 0.499. The molecule has 146 valence electrons. The lowest BCUT2D eigenvalue weighted by Gasteiger charge is -2.33. The Morgan fingerprint density at radius 2 is 2.08 bits per heavy atom. The molecule has 0 aromatic carbocycles. The van der Waals surface area contributed by atoms with Crippen LogP contribution in [0.2, 0.25) is 0 Å². The Hall–Kier alpha value is -1.66. The van der Waals surface area contributed by atoms with Gasteiger partial charge in [0.1, 0.15) is 0 Å². The quantitative estimate of drug-likeness (QED) is 0.521. The van der Waals surface area contributed by atoms with Gasteiger partial charge in [-0.2, -0.15) is 0 Å². The number of rotatable bonds is 9. The van der Waals surface area contributed by atoms with E-state index in [-0.39, 0.29) is 0 Å². The summed E-state index contributed by atoms with van der Waals surface area (Å²) in [5.41, 5.74) is 1.16. The third-order valence-corrected chi connectivity index (χ3v) is 4.97. The monoisotopic (exact) mass is 360 g/mol. The van der Waals surface area contributed by atoms with Crippen molar-refractivity contribution in [2.24, 2.45) is 4.99 Å². The molecule has 2 rings (SSSR count). The largest absolute Gasteiger partial charge is 0.355 e. The van der Waals surface area contributed by atoms with Gasteiger partial charge in [-0.15, -0.1) is 0 Å². The fourth-order valence-electron chi connectivity index (χ4n) is 3.42. The highest BCUT2D eigenvalue weighted by Crippen LogP contribution is 2.12. The van der Waals surface area contributed by atoms with Crippen molar-refractivity contribution < 1.29 is 0 Å². The molecule has 6 nitrogen and oxygen atoms in total. The van der Waals surface area contributed by atoms with Crippen molar-refractivity contribution in [3.8, 4) is 0 Å². The van der Waals surface area contributed by atoms with Crippen LogP contribution in [0.3, 0.4) is 0 Å². The number of pyridine rings is 1. The number of piperidine rings is 1. The fraction of sp³-hybridized carbons (Fsp3) is 0.700. The van der Waals surface area contributed by atoms with E-state index in [1.165, 1.54) is 13.0 Å². The molecule has 2 heterocycles. The minimum Gasteiger partial charge on any atom is -0.355 e. The molecule has 26 heavy (non-hydrogen) atoms. The molecule has 0 unspecified atom stereocenters. The van der Waals surface area contributed by atoms with Crippen molar-refractivity contribution in [3.05, 3.63) is 30.1 Å². The number of nitrogens with one attached hydrogen (secondary N) is 2. The second-order valence-electron chi connectivity index (χ2n) is 6.95. The maximum Gasteiger partial charge on any atom is 0.191 e. The molecule has 0 radical (unpaired) electrons. The standard InChI is InChI=1S/C20H36N6/c1-4-13-25(5-2)16-12-23-20(21-3)24-18-9-14-26(15-10-18)17-19-8-6-7-11-22-19/h6-8,11,18H,4-5,9-10,12-17H2,1-3H3,(H2,21,23,24). The van der Waals surface area contributed by atoms with Gasteiger partial charge in [0.15, 0.2) is 5.96 Å². The topological polar surface area (TPSA) is 55.8 Å². The second kappa shape index (κ2) is 11.9. The number of aliphatic imine (C=N–C) groups is 1. The first-order chi connectivity index (χ1) is 12.7. The van der Waals surface area contributed by atoms with Crippen LogP contribution in [-0.4, -0.2) is 73.1 Å². The molecule has 1 aliphatic heterocycles. The summed E-state index contributed by atoms with van der Waals surface area (Å²) in [6.45, 7) is 11.9. The molecule has 1 fully saturated rings. The summed E-state index contributed by atoms with van der Waals surface area (Å²) in [6.07, 6.45) is 5.37. The Bertz CT molecular complexity index is 510. The van der Waals surface area contributed by atoms with Gasteiger partial charge in [0.25, 0.3) is 0 Å². The van der Waals surface area contributed by atoms with Gasteiger partial charge < -0.3 is 15.5 Å². The number of hydrogen-bond acceptors (Lipinski definition) is 4. The van der Waals surface area contributed by atoms with E-state index in [2.05, 4.69) is 56.4 Å². The van der Waals surface area contributed by atoms with Crippen LogP contribution in [0.1, 0.15) is 38.8 Å². The first-order valence-electron chi connectivity index (χ1n) is 10.1. The van der Waals surface area contributed by atoms with Crippen molar-refractivity contribution in [2.45, 2.75) is 45.7 Å². The molecule has 1 aliphatic rings. The molecule has 6 heteroatoms. The van der Waals surface area contributed by atoms with Gasteiger partial charge in [-0.25, -0.2) is 0 Å². The molecule has 0 bridgehead atoms. The summed E-state index contributed by atoms with van der Waals surface area (Å²) in [5.74, 6) is 0.931. The fourth-order valence-corrected chi connectivity index (χ4v) is 3.42. The van der Waals surface area contributed by atoms with Crippen LogP contribution in [0, 0.1) is 0 Å². The zero-order valence-corrected chi connectivity index (χ0v) is 16.7. The van der Waals surface area contributed by atoms with Gasteiger partial charge in [0, 0.05) is 52.0 Å². The first kappa shape index (κ1) is 20.6. The maximum absolute atomic E-state index is 4.43. The summed E-state index contributed by atoms with van der Waals surface area (Å²) < 4.78 is 0. The Morgan fingerprint density at radius 1 is 1.27 bits per heavy atom. The van der Waals surface area contributed by atoms with Crippen molar-refractivity contribution in [1.29, 1.82) is 0 Å². The van der Waals surface area contributed by atoms with Gasteiger partial charge in [-0.05, 0) is 44.5 Å². The van der Waals surface area contributed by atoms with Crippen LogP contribution < -0.4 is 10.6 Å². The molecular weight excluding hydrogens is 324 g/mol. The van der Waals surface area contributed by atoms with Crippen LogP contribution in [-0.2, 0) is 6.54 Å². The number of guanidine groups is 1. The van der Waals surface area contributed by atoms with Gasteiger partial charge in [0.05, 0.1) is 5.69 Å². The van der Waals surface area contributed by atoms with E-state index in [1.54, 1.807) is 0 Å². The lowest BCUT2D eigenvalue weighted by molar-refractivity contribution is 0.196. The molecule has 1 aromatic heterocycles. The summed E-state index contributed by atoms with van der Waals surface area (Å²) in [5, 5.41) is 7.06. The van der Waals surface area contributed by atoms with E-state index in [1.807, 2.05) is 19.3 Å². The molecule has 0 saturated carbocycles. The average Bonchev–Trinajstić information content (AvgIpc) is 2.68. The number of nitrogens with zero attached hydrogens (tertiary/aromatic N) is 4. The summed E-state index contributed by atoms with van der Waals surface area (Å²) in [6, 6.07) is 6.64. The Morgan fingerprint density at radius 3 is 2.69 bits per heavy atom. The van der Waals surface area contributed by atoms with Gasteiger partial charge in [-0.1, -0.05) is 19.9 Å². The predicted molar refractivity (Wildman–Crippen MR) is 109 cm³/mol. The summed E-state index contributed by atoms with van der Waals surface area (Å²) in [7, 11) is 1.86. The third kappa shape index (κ3) is 7.30. The SMILES string of the molecule is CCCN(CC)CCNC(=NC)NC1CCN(Cc2ccccn2)CC1. The zero-order chi connectivity index (χ0) is 18.6. The molecule has 0 amide bonds. The van der Waals surface area contributed by atoms with Crippen LogP contribution in [0.5, 0.6) is 0 Å². The highest BCUT2D eigenvalue weighted by atomic mass is 15.2. The molecule has 0 aliphatic carbocycles. The highest BCUT2D eigenvalue weighted by molar-refractivity contribution is 5.79. The normalized spacial score (nSPS) is 16.8. The van der Waals surface area contributed by atoms with Gasteiger partial charge in [0.2, 0.25) is 0 Å². The minimum atomic E-state index is 0.499. The number of likely N-dealkylation sites (tertiary alicyclic amines) is 1.